The Bertz CT molecular complexity index is 234. The number of hydrogen-bond donors (Lipinski definition) is 0. The number of carbonyl (C=O) groups is 1. The van der Waals surface area contributed by atoms with Crippen LogP contribution in [0.1, 0.15) is 72.6 Å². The van der Waals surface area contributed by atoms with Gasteiger partial charge in [-0.25, -0.2) is 0 Å². The summed E-state index contributed by atoms with van der Waals surface area (Å²) >= 11 is 0. The standard InChI is InChI=1S/C16H30O/c1-5-7-12(3)14-9-10-16(17)15(11-14)13(4)8-6-2/h12-15H,5-11H2,1-4H3/t12-,13+,14-,15+/m1/s1. The van der Waals surface area contributed by atoms with Gasteiger partial charge in [0.05, 0.1) is 0 Å². The molecule has 1 nitrogen and oxygen atoms in total. The van der Waals surface area contributed by atoms with Gasteiger partial charge in [0.15, 0.2) is 0 Å². The normalized spacial score (nSPS) is 29.1. The summed E-state index contributed by atoms with van der Waals surface area (Å²) in [5.74, 6) is 3.13. The maximum atomic E-state index is 12.0. The van der Waals surface area contributed by atoms with E-state index in [1.165, 1.54) is 32.1 Å². The van der Waals surface area contributed by atoms with Crippen molar-refractivity contribution in [3.63, 3.8) is 0 Å². The van der Waals surface area contributed by atoms with Crippen molar-refractivity contribution >= 4 is 5.78 Å². The third kappa shape index (κ3) is 4.12. The lowest BCUT2D eigenvalue weighted by atomic mass is 9.69. The molecule has 1 aliphatic carbocycles. The van der Waals surface area contributed by atoms with Crippen molar-refractivity contribution in [3.05, 3.63) is 0 Å². The van der Waals surface area contributed by atoms with Crippen LogP contribution >= 0.6 is 0 Å². The zero-order valence-corrected chi connectivity index (χ0v) is 12.2. The summed E-state index contributed by atoms with van der Waals surface area (Å²) in [4.78, 5) is 12.0. The summed E-state index contributed by atoms with van der Waals surface area (Å²) in [7, 11) is 0. The highest BCUT2D eigenvalue weighted by atomic mass is 16.1. The van der Waals surface area contributed by atoms with Gasteiger partial charge in [0.25, 0.3) is 0 Å². The Labute approximate surface area is 107 Å². The third-order valence-electron chi connectivity index (χ3n) is 4.71. The Morgan fingerprint density at radius 1 is 1.12 bits per heavy atom. The van der Waals surface area contributed by atoms with E-state index in [4.69, 9.17) is 0 Å². The molecule has 0 saturated heterocycles. The fraction of sp³-hybridized carbons (Fsp3) is 0.938. The minimum Gasteiger partial charge on any atom is -0.299 e. The number of Topliss-reactive ketones (excluding diaryl/α,β-unsaturated/α-hetero) is 1. The first-order chi connectivity index (χ1) is 8.10. The summed E-state index contributed by atoms with van der Waals surface area (Å²) in [6, 6.07) is 0. The van der Waals surface area contributed by atoms with Crippen molar-refractivity contribution in [2.45, 2.75) is 72.6 Å². The van der Waals surface area contributed by atoms with Gasteiger partial charge in [-0.1, -0.05) is 53.4 Å². The second-order valence-corrected chi connectivity index (χ2v) is 6.14. The van der Waals surface area contributed by atoms with E-state index >= 15 is 0 Å². The largest absolute Gasteiger partial charge is 0.299 e. The maximum absolute atomic E-state index is 12.0. The predicted octanol–water partition coefficient (Wildman–Crippen LogP) is 4.84. The van der Waals surface area contributed by atoms with Crippen molar-refractivity contribution in [2.24, 2.45) is 23.7 Å². The second kappa shape index (κ2) is 7.18. The molecular formula is C16H30O. The lowest BCUT2D eigenvalue weighted by molar-refractivity contribution is -0.128. The SMILES string of the molecule is CCC[C@@H](C)[C@@H]1CCC(=O)[C@H]([C@@H](C)CCC)C1. The van der Waals surface area contributed by atoms with Gasteiger partial charge in [-0.3, -0.25) is 4.79 Å². The maximum Gasteiger partial charge on any atom is 0.136 e. The molecule has 0 spiro atoms. The van der Waals surface area contributed by atoms with Crippen LogP contribution < -0.4 is 0 Å². The van der Waals surface area contributed by atoms with Gasteiger partial charge >= 0.3 is 0 Å². The summed E-state index contributed by atoms with van der Waals surface area (Å²) in [5.41, 5.74) is 0. The lowest BCUT2D eigenvalue weighted by Gasteiger charge is -2.35. The molecule has 0 aromatic carbocycles. The topological polar surface area (TPSA) is 17.1 Å². The molecule has 1 saturated carbocycles. The molecule has 0 amide bonds. The molecule has 1 heteroatoms. The van der Waals surface area contributed by atoms with Crippen LogP contribution in [0.25, 0.3) is 0 Å². The van der Waals surface area contributed by atoms with Crippen molar-refractivity contribution < 1.29 is 4.79 Å². The Hall–Kier alpha value is -0.330. The third-order valence-corrected chi connectivity index (χ3v) is 4.71. The summed E-state index contributed by atoms with van der Waals surface area (Å²) in [5, 5.41) is 0. The molecule has 0 N–H and O–H groups in total. The second-order valence-electron chi connectivity index (χ2n) is 6.14. The predicted molar refractivity (Wildman–Crippen MR) is 74.0 cm³/mol. The van der Waals surface area contributed by atoms with E-state index in [1.807, 2.05) is 0 Å². The van der Waals surface area contributed by atoms with Crippen LogP contribution in [0.3, 0.4) is 0 Å². The van der Waals surface area contributed by atoms with E-state index in [9.17, 15) is 4.79 Å². The molecule has 0 radical (unpaired) electrons. The summed E-state index contributed by atoms with van der Waals surface area (Å²) in [6.45, 7) is 9.15. The van der Waals surface area contributed by atoms with E-state index in [0.717, 1.165) is 24.7 Å². The molecule has 0 aromatic heterocycles. The van der Waals surface area contributed by atoms with Gasteiger partial charge < -0.3 is 0 Å². The molecule has 0 aliphatic heterocycles. The van der Waals surface area contributed by atoms with Gasteiger partial charge in [0.1, 0.15) is 5.78 Å². The quantitative estimate of drug-likeness (QED) is 0.647. The smallest absolute Gasteiger partial charge is 0.136 e. The number of hydrogen-bond acceptors (Lipinski definition) is 1. The first kappa shape index (κ1) is 14.7. The van der Waals surface area contributed by atoms with Crippen LogP contribution in [0.4, 0.5) is 0 Å². The van der Waals surface area contributed by atoms with Gasteiger partial charge in [-0.05, 0) is 30.6 Å². The monoisotopic (exact) mass is 238 g/mol. The molecule has 17 heavy (non-hydrogen) atoms. The summed E-state index contributed by atoms with van der Waals surface area (Å²) < 4.78 is 0. The highest BCUT2D eigenvalue weighted by Gasteiger charge is 2.33. The number of carbonyl (C=O) groups excluding carboxylic acids is 1. The highest BCUT2D eigenvalue weighted by molar-refractivity contribution is 5.82. The fourth-order valence-corrected chi connectivity index (χ4v) is 3.50. The number of rotatable bonds is 6. The van der Waals surface area contributed by atoms with E-state index in [1.54, 1.807) is 0 Å². The molecular weight excluding hydrogens is 208 g/mol. The van der Waals surface area contributed by atoms with Gasteiger partial charge in [-0.15, -0.1) is 0 Å². The van der Waals surface area contributed by atoms with E-state index in [-0.39, 0.29) is 0 Å². The Balaban J connectivity index is 2.55. The first-order valence-corrected chi connectivity index (χ1v) is 7.62. The van der Waals surface area contributed by atoms with Crippen LogP contribution in [0.2, 0.25) is 0 Å². The van der Waals surface area contributed by atoms with Crippen molar-refractivity contribution in [2.75, 3.05) is 0 Å². The lowest BCUT2D eigenvalue weighted by Crippen LogP contribution is -2.32. The average molecular weight is 238 g/mol. The van der Waals surface area contributed by atoms with Crippen LogP contribution in [0.15, 0.2) is 0 Å². The van der Waals surface area contributed by atoms with E-state index in [2.05, 4.69) is 27.7 Å². The van der Waals surface area contributed by atoms with Crippen LogP contribution in [-0.4, -0.2) is 5.78 Å². The molecule has 0 heterocycles. The van der Waals surface area contributed by atoms with Crippen LogP contribution in [0.5, 0.6) is 0 Å². The van der Waals surface area contributed by atoms with Gasteiger partial charge in [0, 0.05) is 12.3 Å². The van der Waals surface area contributed by atoms with Gasteiger partial charge in [0.2, 0.25) is 0 Å². The van der Waals surface area contributed by atoms with Crippen molar-refractivity contribution in [1.29, 1.82) is 0 Å². The summed E-state index contributed by atoms with van der Waals surface area (Å²) in [6.07, 6.45) is 8.19. The Kier molecular flexibility index (Phi) is 6.22. The Morgan fingerprint density at radius 2 is 1.71 bits per heavy atom. The zero-order chi connectivity index (χ0) is 12.8. The minimum absolute atomic E-state index is 0.369. The minimum atomic E-state index is 0.369. The Morgan fingerprint density at radius 3 is 2.29 bits per heavy atom. The van der Waals surface area contributed by atoms with Crippen molar-refractivity contribution in [1.82, 2.24) is 0 Å². The number of ketones is 1. The van der Waals surface area contributed by atoms with Crippen molar-refractivity contribution in [3.8, 4) is 0 Å². The van der Waals surface area contributed by atoms with Gasteiger partial charge in [-0.2, -0.15) is 0 Å². The molecule has 1 rings (SSSR count). The first-order valence-electron chi connectivity index (χ1n) is 7.62. The molecule has 1 fully saturated rings. The fourth-order valence-electron chi connectivity index (χ4n) is 3.50. The molecule has 1 aliphatic rings. The molecule has 100 valence electrons. The van der Waals surface area contributed by atoms with E-state index < -0.39 is 0 Å². The average Bonchev–Trinajstić information content (AvgIpc) is 2.30. The van der Waals surface area contributed by atoms with Crippen LogP contribution in [0, 0.1) is 23.7 Å². The molecule has 0 unspecified atom stereocenters. The molecule has 4 atom stereocenters. The highest BCUT2D eigenvalue weighted by Crippen LogP contribution is 2.37. The zero-order valence-electron chi connectivity index (χ0n) is 12.2. The van der Waals surface area contributed by atoms with Crippen LogP contribution in [-0.2, 0) is 4.79 Å². The molecule has 0 bridgehead atoms. The molecule has 0 aromatic rings. The van der Waals surface area contributed by atoms with E-state index in [0.29, 0.717) is 17.6 Å².